The Bertz CT molecular complexity index is 521. The van der Waals surface area contributed by atoms with E-state index < -0.39 is 15.6 Å². The molecule has 0 radical (unpaired) electrons. The van der Waals surface area contributed by atoms with E-state index in [0.717, 1.165) is 0 Å². The van der Waals surface area contributed by atoms with Crippen LogP contribution in [0.15, 0.2) is 24.3 Å². The van der Waals surface area contributed by atoms with E-state index in [4.69, 9.17) is 10.5 Å². The molecule has 0 aliphatic carbocycles. The number of benzene rings is 1. The molecule has 1 saturated heterocycles. The molecular formula is C12H18N2O4S. The first-order valence-electron chi connectivity index (χ1n) is 6.00. The van der Waals surface area contributed by atoms with Gasteiger partial charge < -0.3 is 15.6 Å². The molecular weight excluding hydrogens is 268 g/mol. The maximum atomic E-state index is 11.9. The number of anilines is 1. The van der Waals surface area contributed by atoms with Crippen molar-refractivity contribution in [1.29, 1.82) is 0 Å². The molecule has 7 heteroatoms. The minimum atomic E-state index is -3.48. The third kappa shape index (κ3) is 4.17. The lowest BCUT2D eigenvalue weighted by Crippen LogP contribution is -2.43. The molecule has 0 amide bonds. The highest BCUT2D eigenvalue weighted by molar-refractivity contribution is 7.88. The normalized spacial score (nSPS) is 23.6. The van der Waals surface area contributed by atoms with Crippen LogP contribution < -0.4 is 10.5 Å². The van der Waals surface area contributed by atoms with Crippen LogP contribution in [0.3, 0.4) is 0 Å². The average Bonchev–Trinajstić information content (AvgIpc) is 2.78. The molecule has 1 atom stereocenters. The van der Waals surface area contributed by atoms with Crippen LogP contribution in [0.5, 0.6) is 0 Å². The molecule has 1 aliphatic rings. The molecule has 0 saturated carbocycles. The topological polar surface area (TPSA) is 102 Å². The summed E-state index contributed by atoms with van der Waals surface area (Å²) in [7, 11) is -3.48. The maximum Gasteiger partial charge on any atom is 0.215 e. The molecule has 106 valence electrons. The molecule has 1 heterocycles. The Labute approximate surface area is 112 Å². The Morgan fingerprint density at radius 1 is 1.37 bits per heavy atom. The zero-order chi connectivity index (χ0) is 13.9. The predicted molar refractivity (Wildman–Crippen MR) is 71.9 cm³/mol. The molecule has 1 aromatic rings. The van der Waals surface area contributed by atoms with Crippen molar-refractivity contribution in [2.45, 2.75) is 17.8 Å². The SMILES string of the molecule is Nc1ccc(CS(=O)(=O)NCC2(O)CCOC2)cc1. The van der Waals surface area contributed by atoms with Crippen molar-refractivity contribution in [3.05, 3.63) is 29.8 Å². The Kier molecular flexibility index (Phi) is 4.10. The van der Waals surface area contributed by atoms with Crippen LogP contribution in [0.2, 0.25) is 0 Å². The minimum Gasteiger partial charge on any atom is -0.399 e. The highest BCUT2D eigenvalue weighted by atomic mass is 32.2. The minimum absolute atomic E-state index is 0.0235. The van der Waals surface area contributed by atoms with Crippen LogP contribution in [-0.4, -0.2) is 38.9 Å². The zero-order valence-corrected chi connectivity index (χ0v) is 11.3. The third-order valence-corrected chi connectivity index (χ3v) is 4.34. The molecule has 19 heavy (non-hydrogen) atoms. The summed E-state index contributed by atoms with van der Waals surface area (Å²) in [6.45, 7) is 0.595. The first-order valence-corrected chi connectivity index (χ1v) is 7.66. The number of ether oxygens (including phenoxy) is 1. The molecule has 4 N–H and O–H groups in total. The van der Waals surface area contributed by atoms with E-state index in [2.05, 4.69) is 4.72 Å². The van der Waals surface area contributed by atoms with Crippen LogP contribution in [-0.2, 0) is 20.5 Å². The molecule has 1 unspecified atom stereocenters. The Balaban J connectivity index is 1.93. The van der Waals surface area contributed by atoms with E-state index in [1.165, 1.54) is 0 Å². The summed E-state index contributed by atoms with van der Waals surface area (Å²) in [6, 6.07) is 6.65. The lowest BCUT2D eigenvalue weighted by atomic mass is 10.1. The van der Waals surface area contributed by atoms with E-state index in [-0.39, 0.29) is 18.9 Å². The summed E-state index contributed by atoms with van der Waals surface area (Å²) in [5.74, 6) is -0.135. The molecule has 2 rings (SSSR count). The van der Waals surface area contributed by atoms with Gasteiger partial charge in [0, 0.05) is 25.3 Å². The Morgan fingerprint density at radius 2 is 2.05 bits per heavy atom. The highest BCUT2D eigenvalue weighted by Crippen LogP contribution is 2.17. The van der Waals surface area contributed by atoms with Gasteiger partial charge in [-0.05, 0) is 17.7 Å². The molecule has 0 bridgehead atoms. The Hall–Kier alpha value is -1.15. The summed E-state index contributed by atoms with van der Waals surface area (Å²) in [5.41, 5.74) is 5.69. The van der Waals surface area contributed by atoms with Gasteiger partial charge in [0.2, 0.25) is 10.0 Å². The van der Waals surface area contributed by atoms with Gasteiger partial charge in [-0.2, -0.15) is 0 Å². The van der Waals surface area contributed by atoms with E-state index in [9.17, 15) is 13.5 Å². The summed E-state index contributed by atoms with van der Waals surface area (Å²) in [6.07, 6.45) is 0.442. The molecule has 0 aromatic heterocycles. The van der Waals surface area contributed by atoms with Gasteiger partial charge in [0.05, 0.1) is 12.4 Å². The van der Waals surface area contributed by atoms with E-state index in [1.54, 1.807) is 24.3 Å². The molecule has 0 spiro atoms. The summed E-state index contributed by atoms with van der Waals surface area (Å²) in [5, 5.41) is 9.99. The van der Waals surface area contributed by atoms with Gasteiger partial charge in [0.1, 0.15) is 5.60 Å². The van der Waals surface area contributed by atoms with Crippen molar-refractivity contribution >= 4 is 15.7 Å². The zero-order valence-electron chi connectivity index (χ0n) is 10.5. The third-order valence-electron chi connectivity index (χ3n) is 3.04. The second kappa shape index (κ2) is 5.46. The van der Waals surface area contributed by atoms with E-state index in [0.29, 0.717) is 24.3 Å². The van der Waals surface area contributed by atoms with Crippen LogP contribution in [0.1, 0.15) is 12.0 Å². The largest absolute Gasteiger partial charge is 0.399 e. The smallest absolute Gasteiger partial charge is 0.215 e. The monoisotopic (exact) mass is 286 g/mol. The first-order chi connectivity index (χ1) is 8.89. The molecule has 6 nitrogen and oxygen atoms in total. The van der Waals surface area contributed by atoms with Crippen molar-refractivity contribution in [2.75, 3.05) is 25.5 Å². The summed E-state index contributed by atoms with van der Waals surface area (Å²) < 4.78 is 31.3. The van der Waals surface area contributed by atoms with Gasteiger partial charge >= 0.3 is 0 Å². The van der Waals surface area contributed by atoms with Crippen LogP contribution in [0, 0.1) is 0 Å². The molecule has 1 aromatic carbocycles. The number of sulfonamides is 1. The van der Waals surface area contributed by atoms with Crippen molar-refractivity contribution in [2.24, 2.45) is 0 Å². The second-order valence-electron chi connectivity index (χ2n) is 4.85. The number of hydrogen-bond donors (Lipinski definition) is 3. The van der Waals surface area contributed by atoms with Crippen LogP contribution in [0.25, 0.3) is 0 Å². The molecule has 1 aliphatic heterocycles. The number of nitrogens with one attached hydrogen (secondary N) is 1. The van der Waals surface area contributed by atoms with Crippen molar-refractivity contribution in [1.82, 2.24) is 4.72 Å². The van der Waals surface area contributed by atoms with Crippen molar-refractivity contribution < 1.29 is 18.3 Å². The predicted octanol–water partition coefficient (Wildman–Crippen LogP) is -0.160. The van der Waals surface area contributed by atoms with Crippen molar-refractivity contribution in [3.63, 3.8) is 0 Å². The fraction of sp³-hybridized carbons (Fsp3) is 0.500. The summed E-state index contributed by atoms with van der Waals surface area (Å²) in [4.78, 5) is 0. The van der Waals surface area contributed by atoms with Gasteiger partial charge in [0.25, 0.3) is 0 Å². The fourth-order valence-corrected chi connectivity index (χ4v) is 3.09. The van der Waals surface area contributed by atoms with Gasteiger partial charge in [-0.15, -0.1) is 0 Å². The standard InChI is InChI=1S/C12H18N2O4S/c13-11-3-1-10(2-4-11)7-19(16,17)14-8-12(15)5-6-18-9-12/h1-4,14-15H,5-9,13H2. The number of rotatable bonds is 5. The highest BCUT2D eigenvalue weighted by Gasteiger charge is 2.33. The summed E-state index contributed by atoms with van der Waals surface area (Å²) >= 11 is 0. The van der Waals surface area contributed by atoms with Crippen LogP contribution >= 0.6 is 0 Å². The van der Waals surface area contributed by atoms with Gasteiger partial charge in [-0.25, -0.2) is 13.1 Å². The van der Waals surface area contributed by atoms with E-state index >= 15 is 0 Å². The number of nitrogens with two attached hydrogens (primary N) is 1. The second-order valence-corrected chi connectivity index (χ2v) is 6.66. The van der Waals surface area contributed by atoms with Crippen LogP contribution in [0.4, 0.5) is 5.69 Å². The fourth-order valence-electron chi connectivity index (χ4n) is 1.86. The van der Waals surface area contributed by atoms with Gasteiger partial charge in [0.15, 0.2) is 0 Å². The maximum absolute atomic E-state index is 11.9. The Morgan fingerprint density at radius 3 is 2.63 bits per heavy atom. The average molecular weight is 286 g/mol. The van der Waals surface area contributed by atoms with Crippen molar-refractivity contribution in [3.8, 4) is 0 Å². The van der Waals surface area contributed by atoms with Gasteiger partial charge in [-0.1, -0.05) is 12.1 Å². The lowest BCUT2D eigenvalue weighted by molar-refractivity contribution is 0.0314. The quantitative estimate of drug-likeness (QED) is 0.653. The number of hydrogen-bond acceptors (Lipinski definition) is 5. The van der Waals surface area contributed by atoms with E-state index in [1.807, 2.05) is 0 Å². The number of nitrogen functional groups attached to an aromatic ring is 1. The number of aliphatic hydroxyl groups is 1. The van der Waals surface area contributed by atoms with Gasteiger partial charge in [-0.3, -0.25) is 0 Å². The first kappa shape index (κ1) is 14.3. The lowest BCUT2D eigenvalue weighted by Gasteiger charge is -2.20. The molecule has 1 fully saturated rings.